The van der Waals surface area contributed by atoms with Gasteiger partial charge < -0.3 is 15.3 Å². The van der Waals surface area contributed by atoms with Crippen molar-refractivity contribution in [1.29, 1.82) is 0 Å². The summed E-state index contributed by atoms with van der Waals surface area (Å²) in [5, 5.41) is 28.6. The van der Waals surface area contributed by atoms with Crippen LogP contribution in [-0.4, -0.2) is 27.4 Å². The third-order valence-electron chi connectivity index (χ3n) is 1.47. The van der Waals surface area contributed by atoms with Crippen LogP contribution >= 0.6 is 22.9 Å². The van der Waals surface area contributed by atoms with Gasteiger partial charge in [-0.25, -0.2) is 4.79 Å². The second-order valence-corrected chi connectivity index (χ2v) is 3.72. The van der Waals surface area contributed by atoms with Gasteiger partial charge in [0.25, 0.3) is 0 Å². The normalized spacial score (nSPS) is 15.3. The average molecular weight is 223 g/mol. The lowest BCUT2D eigenvalue weighted by atomic mass is 10.2. The maximum absolute atomic E-state index is 10.3. The minimum atomic E-state index is -1.84. The van der Waals surface area contributed by atoms with Gasteiger partial charge in [0, 0.05) is 0 Å². The number of carboxylic acids is 1. The molecule has 0 radical (unpaired) electrons. The van der Waals surface area contributed by atoms with Crippen LogP contribution in [0.3, 0.4) is 0 Å². The molecule has 0 bridgehead atoms. The Balaban J connectivity index is 2.85. The Morgan fingerprint density at radius 3 is 2.54 bits per heavy atom. The van der Waals surface area contributed by atoms with Crippen LogP contribution in [-0.2, 0) is 4.79 Å². The average Bonchev–Trinajstić information content (AvgIpc) is 2.48. The van der Waals surface area contributed by atoms with E-state index in [0.29, 0.717) is 0 Å². The third-order valence-corrected chi connectivity index (χ3v) is 2.89. The van der Waals surface area contributed by atoms with Gasteiger partial charge in [-0.15, -0.1) is 11.3 Å². The summed E-state index contributed by atoms with van der Waals surface area (Å²) >= 11 is 6.73. The quantitative estimate of drug-likeness (QED) is 0.710. The molecular formula is C7H7ClO4S. The van der Waals surface area contributed by atoms with Gasteiger partial charge in [0.2, 0.25) is 0 Å². The van der Waals surface area contributed by atoms with E-state index in [0.717, 1.165) is 11.3 Å². The van der Waals surface area contributed by atoms with Crippen molar-refractivity contribution in [3.8, 4) is 0 Å². The molecule has 1 heterocycles. The van der Waals surface area contributed by atoms with Crippen molar-refractivity contribution in [2.24, 2.45) is 0 Å². The number of aliphatic hydroxyl groups is 2. The number of carbonyl (C=O) groups is 1. The summed E-state index contributed by atoms with van der Waals surface area (Å²) in [6.45, 7) is 0. The minimum absolute atomic E-state index is 0.261. The van der Waals surface area contributed by atoms with Crippen molar-refractivity contribution in [1.82, 2.24) is 0 Å². The van der Waals surface area contributed by atoms with Crippen LogP contribution in [0.1, 0.15) is 11.0 Å². The summed E-state index contributed by atoms with van der Waals surface area (Å²) in [7, 11) is 0. The summed E-state index contributed by atoms with van der Waals surface area (Å²) in [5.74, 6) is -1.48. The monoisotopic (exact) mass is 222 g/mol. The van der Waals surface area contributed by atoms with Gasteiger partial charge >= 0.3 is 5.97 Å². The van der Waals surface area contributed by atoms with Gasteiger partial charge in [0.15, 0.2) is 6.10 Å². The van der Waals surface area contributed by atoms with Crippen molar-refractivity contribution in [2.75, 3.05) is 0 Å². The number of hydrogen-bond donors (Lipinski definition) is 3. The van der Waals surface area contributed by atoms with Crippen LogP contribution in [0, 0.1) is 0 Å². The Labute approximate surface area is 83.0 Å². The van der Waals surface area contributed by atoms with Gasteiger partial charge in [0.1, 0.15) is 6.10 Å². The zero-order chi connectivity index (χ0) is 10.0. The molecule has 0 amide bonds. The number of thiophene rings is 1. The predicted molar refractivity (Wildman–Crippen MR) is 47.9 cm³/mol. The molecule has 0 aliphatic heterocycles. The fraction of sp³-hybridized carbons (Fsp3) is 0.286. The molecule has 0 saturated heterocycles. The Morgan fingerprint density at radius 1 is 1.54 bits per heavy atom. The van der Waals surface area contributed by atoms with E-state index in [1.54, 1.807) is 5.38 Å². The molecule has 2 unspecified atom stereocenters. The van der Waals surface area contributed by atoms with Gasteiger partial charge in [-0.2, -0.15) is 0 Å². The molecule has 1 rings (SSSR count). The van der Waals surface area contributed by atoms with Crippen LogP contribution in [0.4, 0.5) is 0 Å². The molecule has 72 valence electrons. The van der Waals surface area contributed by atoms with Crippen molar-refractivity contribution in [3.05, 3.63) is 21.3 Å². The first-order valence-electron chi connectivity index (χ1n) is 3.36. The van der Waals surface area contributed by atoms with Gasteiger partial charge in [-0.1, -0.05) is 11.6 Å². The number of carboxylic acid groups (broad SMARTS) is 1. The Bertz CT molecular complexity index is 311. The van der Waals surface area contributed by atoms with Crippen LogP contribution in [0.25, 0.3) is 0 Å². The lowest BCUT2D eigenvalue weighted by Crippen LogP contribution is -2.27. The van der Waals surface area contributed by atoms with Gasteiger partial charge in [-0.3, -0.25) is 0 Å². The summed E-state index contributed by atoms with van der Waals surface area (Å²) < 4.78 is 0. The molecule has 1 aromatic rings. The maximum Gasteiger partial charge on any atom is 0.335 e. The van der Waals surface area contributed by atoms with E-state index in [2.05, 4.69) is 0 Å². The van der Waals surface area contributed by atoms with E-state index >= 15 is 0 Å². The molecule has 0 aliphatic carbocycles. The molecular weight excluding hydrogens is 216 g/mol. The van der Waals surface area contributed by atoms with Crippen molar-refractivity contribution in [3.63, 3.8) is 0 Å². The minimum Gasteiger partial charge on any atom is -0.479 e. The molecule has 13 heavy (non-hydrogen) atoms. The maximum atomic E-state index is 10.3. The highest BCUT2D eigenvalue weighted by atomic mass is 35.5. The Kier molecular flexibility index (Phi) is 3.27. The number of aliphatic carboxylic acids is 1. The highest BCUT2D eigenvalue weighted by Crippen LogP contribution is 2.30. The van der Waals surface area contributed by atoms with E-state index in [9.17, 15) is 9.90 Å². The molecule has 0 aliphatic rings. The molecule has 1 aromatic heterocycles. The Hall–Kier alpha value is -0.620. The first-order valence-corrected chi connectivity index (χ1v) is 4.61. The molecule has 2 atom stereocenters. The molecule has 0 fully saturated rings. The number of halogens is 1. The van der Waals surface area contributed by atoms with Crippen molar-refractivity contribution < 1.29 is 20.1 Å². The second kappa shape index (κ2) is 4.06. The molecule has 0 aromatic carbocycles. The smallest absolute Gasteiger partial charge is 0.335 e. The van der Waals surface area contributed by atoms with Gasteiger partial charge in [-0.05, 0) is 11.4 Å². The molecule has 4 nitrogen and oxygen atoms in total. The fourth-order valence-electron chi connectivity index (χ4n) is 0.795. The van der Waals surface area contributed by atoms with Crippen LogP contribution in [0.2, 0.25) is 5.02 Å². The lowest BCUT2D eigenvalue weighted by molar-refractivity contribution is -0.152. The topological polar surface area (TPSA) is 77.8 Å². The van der Waals surface area contributed by atoms with Gasteiger partial charge in [0.05, 0.1) is 9.90 Å². The largest absolute Gasteiger partial charge is 0.479 e. The van der Waals surface area contributed by atoms with Crippen molar-refractivity contribution >= 4 is 28.9 Å². The predicted octanol–water partition coefficient (Wildman–Crippen LogP) is 0.880. The zero-order valence-corrected chi connectivity index (χ0v) is 7.92. The molecule has 6 heteroatoms. The Morgan fingerprint density at radius 2 is 2.15 bits per heavy atom. The highest BCUT2D eigenvalue weighted by Gasteiger charge is 2.27. The van der Waals surface area contributed by atoms with E-state index in [1.165, 1.54) is 6.07 Å². The summed E-state index contributed by atoms with van der Waals surface area (Å²) in [6, 6.07) is 1.53. The SMILES string of the molecule is O=C(O)C(O)C(O)c1sccc1Cl. The first kappa shape index (κ1) is 10.5. The van der Waals surface area contributed by atoms with E-state index < -0.39 is 18.2 Å². The molecule has 0 saturated carbocycles. The van der Waals surface area contributed by atoms with Crippen LogP contribution < -0.4 is 0 Å². The van der Waals surface area contributed by atoms with Crippen molar-refractivity contribution in [2.45, 2.75) is 12.2 Å². The second-order valence-electron chi connectivity index (χ2n) is 2.36. The number of rotatable bonds is 3. The fourth-order valence-corrected chi connectivity index (χ4v) is 1.98. The standard InChI is InChI=1S/C7H7ClO4S/c8-3-1-2-13-6(3)4(9)5(10)7(11)12/h1-2,4-5,9-10H,(H,11,12). The molecule has 3 N–H and O–H groups in total. The lowest BCUT2D eigenvalue weighted by Gasteiger charge is -2.12. The van der Waals surface area contributed by atoms with E-state index in [-0.39, 0.29) is 9.90 Å². The zero-order valence-electron chi connectivity index (χ0n) is 6.35. The van der Waals surface area contributed by atoms with E-state index in [1.807, 2.05) is 0 Å². The summed E-state index contributed by atoms with van der Waals surface area (Å²) in [4.78, 5) is 10.6. The van der Waals surface area contributed by atoms with Crippen LogP contribution in [0.15, 0.2) is 11.4 Å². The summed E-state index contributed by atoms with van der Waals surface area (Å²) in [5.41, 5.74) is 0. The first-order chi connectivity index (χ1) is 6.04. The summed E-state index contributed by atoms with van der Waals surface area (Å²) in [6.07, 6.45) is -3.30. The number of aliphatic hydroxyl groups excluding tert-OH is 2. The van der Waals surface area contributed by atoms with E-state index in [4.69, 9.17) is 21.8 Å². The molecule has 0 spiro atoms. The third kappa shape index (κ3) is 2.19. The van der Waals surface area contributed by atoms with Crippen LogP contribution in [0.5, 0.6) is 0 Å². The number of hydrogen-bond acceptors (Lipinski definition) is 4. The highest BCUT2D eigenvalue weighted by molar-refractivity contribution is 7.10.